The van der Waals surface area contributed by atoms with Crippen LogP contribution in [0.3, 0.4) is 0 Å². The quantitative estimate of drug-likeness (QED) is 0.104. The van der Waals surface area contributed by atoms with Gasteiger partial charge >= 0.3 is 5.97 Å². The zero-order valence-electron chi connectivity index (χ0n) is 26.2. The molecular weight excluding hydrogens is 579 g/mol. The van der Waals surface area contributed by atoms with Crippen LogP contribution >= 0.6 is 11.3 Å². The molecule has 0 saturated heterocycles. The van der Waals surface area contributed by atoms with Gasteiger partial charge in [0.2, 0.25) is 4.80 Å². The van der Waals surface area contributed by atoms with Gasteiger partial charge < -0.3 is 9.47 Å². The van der Waals surface area contributed by atoms with E-state index in [1.165, 1.54) is 25.7 Å². The van der Waals surface area contributed by atoms with Gasteiger partial charge in [-0.05, 0) is 57.9 Å². The van der Waals surface area contributed by atoms with Crippen molar-refractivity contribution in [3.05, 3.63) is 46.6 Å². The van der Waals surface area contributed by atoms with Crippen molar-refractivity contribution < 1.29 is 14.3 Å². The van der Waals surface area contributed by atoms with E-state index in [1.54, 1.807) is 22.2 Å². The molecule has 0 atom stereocenters. The first-order chi connectivity index (χ1) is 20.4. The van der Waals surface area contributed by atoms with Crippen molar-refractivity contribution in [1.82, 2.24) is 29.5 Å². The molecule has 0 spiro atoms. The Bertz CT molecular complexity index is 1620. The topological polar surface area (TPSA) is 109 Å². The fraction of sp³-hybridized carbons (Fsp3) is 0.548. The molecule has 0 bridgehead atoms. The zero-order chi connectivity index (χ0) is 30.6. The van der Waals surface area contributed by atoms with E-state index in [1.807, 2.05) is 56.0 Å². The Morgan fingerprint density at radius 1 is 1.12 bits per heavy atom. The molecule has 1 fully saturated rings. The van der Waals surface area contributed by atoms with Crippen molar-refractivity contribution in [2.45, 2.75) is 103 Å². The van der Waals surface area contributed by atoms with Gasteiger partial charge in [0.1, 0.15) is 17.3 Å². The van der Waals surface area contributed by atoms with E-state index in [2.05, 4.69) is 29.7 Å². The van der Waals surface area contributed by atoms with Gasteiger partial charge in [-0.25, -0.2) is 9.67 Å². The second-order valence-corrected chi connectivity index (χ2v) is 20.0. The minimum atomic E-state index is -1.17. The summed E-state index contributed by atoms with van der Waals surface area (Å²) in [5, 5.41) is 10.5. The molecule has 4 aromatic heterocycles. The summed E-state index contributed by atoms with van der Waals surface area (Å²) < 4.78 is 15.1. The number of hydrogen-bond donors (Lipinski definition) is 0. The summed E-state index contributed by atoms with van der Waals surface area (Å²) in [4.78, 5) is 27.3. The Balaban J connectivity index is 1.35. The number of esters is 1. The number of pyridine rings is 2. The smallest absolute Gasteiger partial charge is 0.308 e. The Morgan fingerprint density at radius 3 is 2.65 bits per heavy atom. The van der Waals surface area contributed by atoms with E-state index in [-0.39, 0.29) is 12.4 Å². The van der Waals surface area contributed by atoms with Crippen LogP contribution in [0, 0.1) is 0 Å². The van der Waals surface area contributed by atoms with E-state index >= 15 is 0 Å². The van der Waals surface area contributed by atoms with E-state index in [9.17, 15) is 4.79 Å². The van der Waals surface area contributed by atoms with E-state index in [0.717, 1.165) is 44.6 Å². The minimum absolute atomic E-state index is 0.242. The number of fused-ring (bicyclic) bond motifs is 1. The van der Waals surface area contributed by atoms with Crippen LogP contribution in [0.5, 0.6) is 0 Å². The number of aryl methyl sites for hydroxylation is 1. The summed E-state index contributed by atoms with van der Waals surface area (Å²) in [7, 11) is -1.17. The summed E-state index contributed by atoms with van der Waals surface area (Å²) in [6.45, 7) is 14.2. The Labute approximate surface area is 258 Å². The predicted molar refractivity (Wildman–Crippen MR) is 172 cm³/mol. The summed E-state index contributed by atoms with van der Waals surface area (Å²) in [5.74, 6) is 0.869. The normalized spacial score (nSPS) is 15.1. The lowest BCUT2D eigenvalue weighted by Crippen LogP contribution is -2.24. The van der Waals surface area contributed by atoms with Crippen molar-refractivity contribution in [2.24, 2.45) is 4.99 Å². The van der Waals surface area contributed by atoms with Gasteiger partial charge in [0.05, 0.1) is 30.2 Å². The van der Waals surface area contributed by atoms with Gasteiger partial charge in [0.25, 0.3) is 0 Å². The lowest BCUT2D eigenvalue weighted by Gasteiger charge is -2.19. The minimum Gasteiger partial charge on any atom is -0.460 e. The van der Waals surface area contributed by atoms with E-state index in [4.69, 9.17) is 24.5 Å². The maximum Gasteiger partial charge on any atom is 0.308 e. The first kappa shape index (κ1) is 31.2. The molecule has 4 heterocycles. The molecule has 0 aliphatic heterocycles. The van der Waals surface area contributed by atoms with Crippen molar-refractivity contribution >= 4 is 42.2 Å². The lowest BCUT2D eigenvalue weighted by molar-refractivity contribution is -0.155. The molecule has 10 nitrogen and oxygen atoms in total. The van der Waals surface area contributed by atoms with E-state index in [0.29, 0.717) is 25.0 Å². The van der Waals surface area contributed by atoms with Gasteiger partial charge in [-0.1, -0.05) is 43.8 Å². The molecule has 0 amide bonds. The summed E-state index contributed by atoms with van der Waals surface area (Å²) in [5.41, 5.74) is 2.84. The number of ether oxygens (including phenoxy) is 2. The van der Waals surface area contributed by atoms with Gasteiger partial charge in [0, 0.05) is 44.1 Å². The number of rotatable bonds is 11. The molecular formula is C31H43N7O3SSi. The number of carbonyl (C=O) groups excluding carboxylic acids is 1. The van der Waals surface area contributed by atoms with Crippen LogP contribution in [0.25, 0.3) is 22.2 Å². The van der Waals surface area contributed by atoms with Crippen LogP contribution < -0.4 is 4.80 Å². The largest absolute Gasteiger partial charge is 0.460 e. The molecule has 4 aromatic rings. The Hall–Kier alpha value is -3.22. The highest BCUT2D eigenvalue weighted by atomic mass is 32.1. The van der Waals surface area contributed by atoms with Crippen LogP contribution in [0.15, 0.2) is 41.8 Å². The van der Waals surface area contributed by atoms with Crippen LogP contribution in [-0.4, -0.2) is 55.8 Å². The molecule has 1 aliphatic rings. The van der Waals surface area contributed by atoms with Crippen molar-refractivity contribution in [1.29, 1.82) is 0 Å². The van der Waals surface area contributed by atoms with Crippen LogP contribution in [0.1, 0.15) is 63.8 Å². The third-order valence-corrected chi connectivity index (χ3v) is 10.0. The SMILES string of the molecule is CC(C)(C)OC(=O)CCn1cc(-c2cnc3ccc(/N=c4\sc(C5CCCC5)nn4COCC[Si](C)(C)C)nc3c2)cn1. The highest BCUT2D eigenvalue weighted by Crippen LogP contribution is 2.34. The number of aromatic nitrogens is 6. The second-order valence-electron chi connectivity index (χ2n) is 13.4. The second kappa shape index (κ2) is 13.2. The first-order valence-electron chi connectivity index (χ1n) is 15.1. The zero-order valence-corrected chi connectivity index (χ0v) is 28.0. The number of carbonyl (C=O) groups is 1. The first-order valence-corrected chi connectivity index (χ1v) is 19.7. The fourth-order valence-corrected chi connectivity index (χ4v) is 6.73. The molecule has 230 valence electrons. The van der Waals surface area contributed by atoms with Crippen molar-refractivity contribution in [3.63, 3.8) is 0 Å². The molecule has 0 radical (unpaired) electrons. The summed E-state index contributed by atoms with van der Waals surface area (Å²) in [6, 6.07) is 6.96. The lowest BCUT2D eigenvalue weighted by atomic mass is 10.1. The van der Waals surface area contributed by atoms with Crippen LogP contribution in [-0.2, 0) is 27.5 Å². The standard InChI is InChI=1S/C31H43N7O3SSi/c1-31(2,3)41-28(39)13-14-37-20-24(19-33-37)23-17-26-25(32-18-23)11-12-27(34-26)35-30-38(21-40-15-16-43(4,5)6)36-29(42-30)22-9-7-8-10-22/h11-12,17-20,22H,7-10,13-16,21H2,1-6H3/b35-30-. The third kappa shape index (κ3) is 8.90. The number of hydrogen-bond acceptors (Lipinski definition) is 9. The Kier molecular flexibility index (Phi) is 9.57. The van der Waals surface area contributed by atoms with Crippen molar-refractivity contribution in [3.8, 4) is 11.1 Å². The molecule has 43 heavy (non-hydrogen) atoms. The van der Waals surface area contributed by atoms with Crippen molar-refractivity contribution in [2.75, 3.05) is 6.61 Å². The summed E-state index contributed by atoms with van der Waals surface area (Å²) in [6.07, 6.45) is 10.6. The molecule has 12 heteroatoms. The number of nitrogens with zero attached hydrogens (tertiary/aromatic N) is 7. The Morgan fingerprint density at radius 2 is 1.91 bits per heavy atom. The maximum absolute atomic E-state index is 12.1. The highest BCUT2D eigenvalue weighted by Gasteiger charge is 2.22. The molecule has 1 aliphatic carbocycles. The predicted octanol–water partition coefficient (Wildman–Crippen LogP) is 6.69. The maximum atomic E-state index is 12.1. The molecule has 1 saturated carbocycles. The third-order valence-electron chi connectivity index (χ3n) is 7.21. The monoisotopic (exact) mass is 621 g/mol. The average Bonchev–Trinajstić information content (AvgIpc) is 3.70. The van der Waals surface area contributed by atoms with E-state index < -0.39 is 13.7 Å². The molecule has 5 rings (SSSR count). The van der Waals surface area contributed by atoms with Crippen LogP contribution in [0.2, 0.25) is 25.7 Å². The highest BCUT2D eigenvalue weighted by molar-refractivity contribution is 7.08. The van der Waals surface area contributed by atoms with Gasteiger partial charge in [-0.3, -0.25) is 14.5 Å². The van der Waals surface area contributed by atoms with Gasteiger partial charge in [-0.15, -0.1) is 0 Å². The van der Waals surface area contributed by atoms with Gasteiger partial charge in [0.15, 0.2) is 5.82 Å². The molecule has 0 unspecified atom stereocenters. The average molecular weight is 622 g/mol. The molecule has 0 aromatic carbocycles. The molecule has 0 N–H and O–H groups in total. The summed E-state index contributed by atoms with van der Waals surface area (Å²) >= 11 is 1.65. The fourth-order valence-electron chi connectivity index (χ4n) is 4.91. The van der Waals surface area contributed by atoms with Crippen LogP contribution in [0.4, 0.5) is 5.82 Å². The van der Waals surface area contributed by atoms with Gasteiger partial charge in [-0.2, -0.15) is 15.2 Å².